The van der Waals surface area contributed by atoms with Crippen LogP contribution >= 0.6 is 0 Å². The van der Waals surface area contributed by atoms with Crippen molar-refractivity contribution < 1.29 is 8.78 Å². The zero-order valence-corrected chi connectivity index (χ0v) is 12.2. The fourth-order valence-corrected chi connectivity index (χ4v) is 3.11. The molecule has 0 amide bonds. The van der Waals surface area contributed by atoms with E-state index < -0.39 is 6.43 Å². The molecule has 1 aliphatic rings. The van der Waals surface area contributed by atoms with Crippen LogP contribution in [-0.4, -0.2) is 6.04 Å². The Morgan fingerprint density at radius 1 is 1.10 bits per heavy atom. The van der Waals surface area contributed by atoms with Crippen LogP contribution in [0.4, 0.5) is 8.78 Å². The number of alkyl halides is 2. The molecule has 1 N–H and O–H groups in total. The number of benzene rings is 1. The Hall–Kier alpha value is -0.960. The van der Waals surface area contributed by atoms with Crippen LogP contribution in [0.25, 0.3) is 0 Å². The fraction of sp³-hybridized carbons (Fsp3) is 0.647. The van der Waals surface area contributed by atoms with Gasteiger partial charge in [0.15, 0.2) is 0 Å². The van der Waals surface area contributed by atoms with Crippen LogP contribution in [0.2, 0.25) is 0 Å². The van der Waals surface area contributed by atoms with E-state index in [9.17, 15) is 8.78 Å². The molecule has 1 aliphatic carbocycles. The highest BCUT2D eigenvalue weighted by atomic mass is 19.3. The molecular weight excluding hydrogens is 256 g/mol. The third-order valence-corrected chi connectivity index (χ3v) is 4.37. The molecule has 1 saturated carbocycles. The summed E-state index contributed by atoms with van der Waals surface area (Å²) in [6, 6.07) is 7.26. The Labute approximate surface area is 120 Å². The summed E-state index contributed by atoms with van der Waals surface area (Å²) in [5.41, 5.74) is 1.19. The Bertz CT molecular complexity index is 380. The molecule has 2 rings (SSSR count). The molecule has 0 spiro atoms. The van der Waals surface area contributed by atoms with E-state index in [4.69, 9.17) is 0 Å². The number of hydrogen-bond donors (Lipinski definition) is 1. The Kier molecular flexibility index (Phi) is 5.96. The molecule has 0 unspecified atom stereocenters. The molecule has 1 fully saturated rings. The normalized spacial score (nSPS) is 23.2. The van der Waals surface area contributed by atoms with E-state index in [-0.39, 0.29) is 5.56 Å². The topological polar surface area (TPSA) is 12.0 Å². The van der Waals surface area contributed by atoms with Crippen molar-refractivity contribution in [2.24, 2.45) is 5.92 Å². The van der Waals surface area contributed by atoms with E-state index in [1.165, 1.54) is 50.7 Å². The third kappa shape index (κ3) is 4.55. The summed E-state index contributed by atoms with van der Waals surface area (Å²) in [6.07, 6.45) is 5.44. The first-order valence-corrected chi connectivity index (χ1v) is 7.79. The average Bonchev–Trinajstić information content (AvgIpc) is 2.47. The Morgan fingerprint density at radius 3 is 2.30 bits per heavy atom. The Morgan fingerprint density at radius 2 is 1.75 bits per heavy atom. The average molecular weight is 281 g/mol. The minimum absolute atomic E-state index is 0.105. The lowest BCUT2D eigenvalue weighted by molar-refractivity contribution is 0.151. The van der Waals surface area contributed by atoms with Crippen LogP contribution in [0.1, 0.15) is 63.0 Å². The number of hydrogen-bond acceptors (Lipinski definition) is 1. The van der Waals surface area contributed by atoms with E-state index in [1.54, 1.807) is 12.1 Å². The van der Waals surface area contributed by atoms with Gasteiger partial charge in [0.1, 0.15) is 0 Å². The highest BCUT2D eigenvalue weighted by molar-refractivity contribution is 5.23. The molecule has 3 heteroatoms. The summed E-state index contributed by atoms with van der Waals surface area (Å²) in [4.78, 5) is 0. The van der Waals surface area contributed by atoms with Gasteiger partial charge in [-0.2, -0.15) is 0 Å². The second kappa shape index (κ2) is 7.72. The first-order chi connectivity index (χ1) is 9.69. The molecule has 0 atom stereocenters. The maximum absolute atomic E-state index is 12.5. The lowest BCUT2D eigenvalue weighted by Gasteiger charge is -2.29. The van der Waals surface area contributed by atoms with Crippen molar-refractivity contribution in [2.75, 3.05) is 0 Å². The summed E-state index contributed by atoms with van der Waals surface area (Å²) in [5, 5.41) is 3.56. The van der Waals surface area contributed by atoms with Gasteiger partial charge in [0.25, 0.3) is 6.43 Å². The van der Waals surface area contributed by atoms with Gasteiger partial charge < -0.3 is 5.32 Å². The van der Waals surface area contributed by atoms with Crippen molar-refractivity contribution in [3.63, 3.8) is 0 Å². The first-order valence-electron chi connectivity index (χ1n) is 7.79. The van der Waals surface area contributed by atoms with Gasteiger partial charge in [0.2, 0.25) is 0 Å². The van der Waals surface area contributed by atoms with Crippen molar-refractivity contribution in [3.8, 4) is 0 Å². The number of halogens is 2. The van der Waals surface area contributed by atoms with Crippen molar-refractivity contribution in [1.82, 2.24) is 5.32 Å². The van der Waals surface area contributed by atoms with Gasteiger partial charge >= 0.3 is 0 Å². The predicted octanol–water partition coefficient (Wildman–Crippen LogP) is 5.07. The smallest absolute Gasteiger partial charge is 0.263 e. The van der Waals surface area contributed by atoms with Crippen LogP contribution < -0.4 is 5.32 Å². The van der Waals surface area contributed by atoms with Crippen LogP contribution in [-0.2, 0) is 6.54 Å². The van der Waals surface area contributed by atoms with E-state index >= 15 is 0 Å². The Balaban J connectivity index is 1.73. The third-order valence-electron chi connectivity index (χ3n) is 4.37. The maximum atomic E-state index is 12.5. The van der Waals surface area contributed by atoms with Gasteiger partial charge in [-0.25, -0.2) is 8.78 Å². The molecule has 0 heterocycles. The summed E-state index contributed by atoms with van der Waals surface area (Å²) in [7, 11) is 0. The maximum Gasteiger partial charge on any atom is 0.263 e. The van der Waals surface area contributed by atoms with Crippen molar-refractivity contribution in [1.29, 1.82) is 0 Å². The van der Waals surface area contributed by atoms with E-state index in [0.717, 1.165) is 18.0 Å². The van der Waals surface area contributed by atoms with Gasteiger partial charge in [0.05, 0.1) is 0 Å². The fourth-order valence-electron chi connectivity index (χ4n) is 3.11. The molecule has 0 aliphatic heterocycles. The minimum Gasteiger partial charge on any atom is -0.310 e. The summed E-state index contributed by atoms with van der Waals surface area (Å²) < 4.78 is 24.9. The lowest BCUT2D eigenvalue weighted by atomic mass is 9.83. The van der Waals surface area contributed by atoms with Crippen molar-refractivity contribution in [2.45, 2.75) is 64.5 Å². The highest BCUT2D eigenvalue weighted by Crippen LogP contribution is 2.28. The largest absolute Gasteiger partial charge is 0.310 e. The first kappa shape index (κ1) is 15.4. The number of rotatable bonds is 6. The van der Waals surface area contributed by atoms with Crippen LogP contribution in [0, 0.1) is 5.92 Å². The molecule has 0 saturated heterocycles. The van der Waals surface area contributed by atoms with Gasteiger partial charge in [-0.15, -0.1) is 0 Å². The molecule has 1 nitrogen and oxygen atoms in total. The summed E-state index contributed by atoms with van der Waals surface area (Å²) >= 11 is 0. The molecule has 112 valence electrons. The second-order valence-electron chi connectivity index (χ2n) is 5.93. The van der Waals surface area contributed by atoms with Crippen LogP contribution in [0.5, 0.6) is 0 Å². The zero-order valence-electron chi connectivity index (χ0n) is 12.2. The molecule has 1 aromatic carbocycles. The van der Waals surface area contributed by atoms with E-state index in [1.807, 2.05) is 0 Å². The molecule has 0 radical (unpaired) electrons. The zero-order chi connectivity index (χ0) is 14.4. The summed E-state index contributed by atoms with van der Waals surface area (Å²) in [5.74, 6) is 0.920. The minimum atomic E-state index is -2.37. The van der Waals surface area contributed by atoms with Gasteiger partial charge in [0, 0.05) is 18.2 Å². The quantitative estimate of drug-likeness (QED) is 0.767. The van der Waals surface area contributed by atoms with Gasteiger partial charge in [-0.05, 0) is 37.2 Å². The molecule has 0 bridgehead atoms. The van der Waals surface area contributed by atoms with Gasteiger partial charge in [-0.3, -0.25) is 0 Å². The van der Waals surface area contributed by atoms with Crippen LogP contribution in [0.3, 0.4) is 0 Å². The monoisotopic (exact) mass is 281 g/mol. The standard InChI is InChI=1S/C17H25F2N/c1-2-3-13-6-10-16(11-7-13)20-12-14-4-8-15(9-5-14)17(18)19/h4-5,8-9,13,16-17,20H,2-3,6-7,10-12H2,1H3. The lowest BCUT2D eigenvalue weighted by Crippen LogP contribution is -2.32. The van der Waals surface area contributed by atoms with Crippen molar-refractivity contribution >= 4 is 0 Å². The van der Waals surface area contributed by atoms with Crippen LogP contribution in [0.15, 0.2) is 24.3 Å². The number of nitrogens with one attached hydrogen (secondary N) is 1. The summed E-state index contributed by atoms with van der Waals surface area (Å²) in [6.45, 7) is 3.04. The molecular formula is C17H25F2N. The molecule has 1 aromatic rings. The van der Waals surface area contributed by atoms with Gasteiger partial charge in [-0.1, -0.05) is 44.0 Å². The molecule has 0 aromatic heterocycles. The SMILES string of the molecule is CCCC1CCC(NCc2ccc(C(F)F)cc2)CC1. The molecule has 20 heavy (non-hydrogen) atoms. The second-order valence-corrected chi connectivity index (χ2v) is 5.93. The van der Waals surface area contributed by atoms with E-state index in [2.05, 4.69) is 12.2 Å². The van der Waals surface area contributed by atoms with Crippen molar-refractivity contribution in [3.05, 3.63) is 35.4 Å². The predicted molar refractivity (Wildman–Crippen MR) is 78.9 cm³/mol. The highest BCUT2D eigenvalue weighted by Gasteiger charge is 2.19. The van der Waals surface area contributed by atoms with E-state index in [0.29, 0.717) is 6.04 Å².